The summed E-state index contributed by atoms with van der Waals surface area (Å²) < 4.78 is 11.9. The molecule has 0 unspecified atom stereocenters. The van der Waals surface area contributed by atoms with Gasteiger partial charge in [-0.15, -0.1) is 0 Å². The number of carbonyl (C=O) groups is 1. The zero-order valence-electron chi connectivity index (χ0n) is 23.9. The second-order valence-electron chi connectivity index (χ2n) is 11.1. The summed E-state index contributed by atoms with van der Waals surface area (Å²) in [5.74, 6) is 0.680. The van der Waals surface area contributed by atoms with E-state index in [0.29, 0.717) is 12.4 Å². The van der Waals surface area contributed by atoms with Gasteiger partial charge >= 0.3 is 0 Å². The number of carbonyl (C=O) groups excluding carboxylic acids is 1. The first kappa shape index (κ1) is 28.7. The van der Waals surface area contributed by atoms with E-state index < -0.39 is 5.60 Å². The Balaban J connectivity index is 0.000000368. The predicted molar refractivity (Wildman–Crippen MR) is 153 cm³/mol. The van der Waals surface area contributed by atoms with E-state index in [1.54, 1.807) is 20.8 Å². The van der Waals surface area contributed by atoms with Crippen molar-refractivity contribution in [1.29, 1.82) is 0 Å². The molecule has 3 heterocycles. The summed E-state index contributed by atoms with van der Waals surface area (Å²) in [6.07, 6.45) is 1.06. The van der Waals surface area contributed by atoms with Gasteiger partial charge < -0.3 is 24.0 Å². The third-order valence-electron chi connectivity index (χ3n) is 6.79. The van der Waals surface area contributed by atoms with Crippen molar-refractivity contribution in [2.45, 2.75) is 67.0 Å². The number of benzene rings is 2. The van der Waals surface area contributed by atoms with Gasteiger partial charge in [-0.25, -0.2) is 0 Å². The van der Waals surface area contributed by atoms with Crippen molar-refractivity contribution in [3.8, 4) is 11.1 Å². The summed E-state index contributed by atoms with van der Waals surface area (Å²) in [7, 11) is 1.31. The molecule has 5 rings (SSSR count). The number of rotatable bonds is 5. The van der Waals surface area contributed by atoms with E-state index in [1.165, 1.54) is 57.2 Å². The Morgan fingerprint density at radius 3 is 2.19 bits per heavy atom. The fraction of sp³-hybridized carbons (Fsp3) is 0.516. The monoisotopic (exact) mass is 508 g/mol. The van der Waals surface area contributed by atoms with Crippen LogP contribution in [0.1, 0.15) is 50.1 Å². The zero-order valence-corrected chi connectivity index (χ0v) is 23.9. The van der Waals surface area contributed by atoms with Gasteiger partial charge in [0.15, 0.2) is 0 Å². The number of aromatic nitrogens is 1. The minimum absolute atomic E-state index is 0.375. The van der Waals surface area contributed by atoms with Gasteiger partial charge in [-0.2, -0.15) is 0 Å². The van der Waals surface area contributed by atoms with Crippen molar-refractivity contribution in [2.24, 2.45) is 5.92 Å². The molecule has 0 saturated carbocycles. The molecule has 1 aromatic heterocycles. The summed E-state index contributed by atoms with van der Waals surface area (Å²) >= 11 is 0. The molecule has 0 radical (unpaired) electrons. The lowest BCUT2D eigenvalue weighted by Crippen LogP contribution is -2.42. The topological polar surface area (TPSA) is 63.9 Å². The van der Waals surface area contributed by atoms with Crippen LogP contribution in [0.25, 0.3) is 22.0 Å². The Hall–Kier alpha value is -2.83. The second kappa shape index (κ2) is 12.1. The Kier molecular flexibility index (Phi) is 9.43. The molecule has 0 spiro atoms. The Bertz CT molecular complexity index is 1200. The van der Waals surface area contributed by atoms with Crippen LogP contribution in [0, 0.1) is 26.7 Å². The van der Waals surface area contributed by atoms with Crippen LogP contribution in [0.4, 0.5) is 5.69 Å². The first-order valence-corrected chi connectivity index (χ1v) is 13.2. The van der Waals surface area contributed by atoms with Gasteiger partial charge in [0.2, 0.25) is 0 Å². The highest BCUT2D eigenvalue weighted by atomic mass is 16.5. The van der Waals surface area contributed by atoms with Crippen LogP contribution in [0.15, 0.2) is 30.3 Å². The lowest BCUT2D eigenvalue weighted by atomic mass is 9.88. The third kappa shape index (κ3) is 6.74. The third-order valence-corrected chi connectivity index (χ3v) is 6.79. The molecular weight excluding hydrogens is 464 g/mol. The number of aliphatic hydroxyl groups is 1. The fourth-order valence-electron chi connectivity index (χ4n) is 5.18. The average Bonchev–Trinajstić information content (AvgIpc) is 3.15. The van der Waals surface area contributed by atoms with Crippen LogP contribution < -0.4 is 4.90 Å². The van der Waals surface area contributed by atoms with E-state index in [1.807, 2.05) is 0 Å². The summed E-state index contributed by atoms with van der Waals surface area (Å²) in [5, 5.41) is 9.95. The lowest BCUT2D eigenvalue weighted by Gasteiger charge is -2.38. The summed E-state index contributed by atoms with van der Waals surface area (Å²) in [4.78, 5) is 11.6. The largest absolute Gasteiger partial charge is 0.471 e. The SMILES string of the molecule is CC(C)(C)O.CCc1c(C)c2c3c(cc(C)n3CCN2CC2COC2)c1-c1ccc(C)cc1.COC=O. The zero-order chi connectivity index (χ0) is 27.3. The van der Waals surface area contributed by atoms with Crippen molar-refractivity contribution in [2.75, 3.05) is 38.3 Å². The van der Waals surface area contributed by atoms with Crippen LogP contribution in [-0.4, -0.2) is 55.2 Å². The van der Waals surface area contributed by atoms with Crippen LogP contribution in [-0.2, 0) is 27.2 Å². The molecule has 2 aromatic carbocycles. The molecular formula is C31H44N2O4. The predicted octanol–water partition coefficient (Wildman–Crippen LogP) is 5.83. The van der Waals surface area contributed by atoms with Gasteiger partial charge in [0.05, 0.1) is 37.1 Å². The highest BCUT2D eigenvalue weighted by molar-refractivity contribution is 6.06. The molecule has 2 aliphatic heterocycles. The van der Waals surface area contributed by atoms with Crippen molar-refractivity contribution in [3.05, 3.63) is 52.7 Å². The number of hydrogen-bond acceptors (Lipinski definition) is 5. The highest BCUT2D eigenvalue weighted by Gasteiger charge is 2.30. The maximum absolute atomic E-state index is 8.95. The first-order chi connectivity index (χ1) is 17.5. The van der Waals surface area contributed by atoms with Crippen LogP contribution >= 0.6 is 0 Å². The Morgan fingerprint density at radius 2 is 1.70 bits per heavy atom. The molecule has 2 aliphatic rings. The molecule has 0 bridgehead atoms. The second-order valence-corrected chi connectivity index (χ2v) is 11.1. The molecule has 1 saturated heterocycles. The van der Waals surface area contributed by atoms with Crippen molar-refractivity contribution >= 4 is 23.1 Å². The quantitative estimate of drug-likeness (QED) is 0.440. The lowest BCUT2D eigenvalue weighted by molar-refractivity contribution is -0.126. The van der Waals surface area contributed by atoms with Crippen molar-refractivity contribution in [1.82, 2.24) is 4.57 Å². The van der Waals surface area contributed by atoms with Crippen molar-refractivity contribution in [3.63, 3.8) is 0 Å². The molecule has 37 heavy (non-hydrogen) atoms. The van der Waals surface area contributed by atoms with E-state index in [2.05, 4.69) is 72.2 Å². The first-order valence-electron chi connectivity index (χ1n) is 13.2. The van der Waals surface area contributed by atoms with E-state index in [4.69, 9.17) is 14.6 Å². The Morgan fingerprint density at radius 1 is 1.11 bits per heavy atom. The van der Waals surface area contributed by atoms with E-state index in [9.17, 15) is 0 Å². The number of hydrogen-bond donors (Lipinski definition) is 1. The molecule has 3 aromatic rings. The van der Waals surface area contributed by atoms with Crippen LogP contribution in [0.2, 0.25) is 0 Å². The number of nitrogens with zero attached hydrogens (tertiary/aromatic N) is 2. The van der Waals surface area contributed by atoms with E-state index in [-0.39, 0.29) is 0 Å². The molecule has 1 fully saturated rings. The van der Waals surface area contributed by atoms with Gasteiger partial charge in [-0.05, 0) is 76.3 Å². The summed E-state index contributed by atoms with van der Waals surface area (Å²) in [6, 6.07) is 11.5. The van der Waals surface area contributed by atoms with Gasteiger partial charge in [0, 0.05) is 36.6 Å². The molecule has 0 aliphatic carbocycles. The summed E-state index contributed by atoms with van der Waals surface area (Å²) in [6.45, 7) is 19.8. The van der Waals surface area contributed by atoms with E-state index in [0.717, 1.165) is 39.3 Å². The number of anilines is 1. The molecule has 6 nitrogen and oxygen atoms in total. The van der Waals surface area contributed by atoms with Gasteiger partial charge in [-0.3, -0.25) is 4.79 Å². The molecule has 0 amide bonds. The normalized spacial score (nSPS) is 14.8. The summed E-state index contributed by atoms with van der Waals surface area (Å²) in [5.41, 5.74) is 10.8. The Labute approximate surface area is 222 Å². The maximum Gasteiger partial charge on any atom is 0.292 e. The number of methoxy groups -OCH3 is 1. The molecule has 202 valence electrons. The smallest absolute Gasteiger partial charge is 0.292 e. The average molecular weight is 509 g/mol. The fourth-order valence-corrected chi connectivity index (χ4v) is 5.18. The number of ether oxygens (including phenoxy) is 2. The van der Waals surface area contributed by atoms with Crippen LogP contribution in [0.3, 0.4) is 0 Å². The van der Waals surface area contributed by atoms with Crippen molar-refractivity contribution < 1.29 is 19.4 Å². The van der Waals surface area contributed by atoms with Gasteiger partial charge in [0.1, 0.15) is 0 Å². The standard InChI is InChI=1S/C25H30N2O.C4H10O.C2H4O2/c1-5-21-18(4)24-25-22(23(21)20-8-6-16(2)7-9-20)12-17(3)27(25)11-10-26(24)13-19-14-28-15-19;1-4(2,3)5;1-4-2-3/h6-9,12,19H,5,10-11,13-15H2,1-4H3;5H,1-3H3;2H,1H3. The van der Waals surface area contributed by atoms with E-state index >= 15 is 0 Å². The highest BCUT2D eigenvalue weighted by Crippen LogP contribution is 2.45. The maximum atomic E-state index is 8.95. The van der Waals surface area contributed by atoms with Gasteiger partial charge in [-0.1, -0.05) is 36.8 Å². The molecule has 1 N–H and O–H groups in total. The minimum Gasteiger partial charge on any atom is -0.471 e. The van der Waals surface area contributed by atoms with Gasteiger partial charge in [0.25, 0.3) is 6.47 Å². The molecule has 0 atom stereocenters. The van der Waals surface area contributed by atoms with Crippen LogP contribution in [0.5, 0.6) is 0 Å². The minimum atomic E-state index is -0.500. The number of aryl methyl sites for hydroxylation is 2. The molecule has 6 heteroatoms.